The second-order valence-corrected chi connectivity index (χ2v) is 7.74. The minimum absolute atomic E-state index is 0.0263. The summed E-state index contributed by atoms with van der Waals surface area (Å²) >= 11 is 0. The van der Waals surface area contributed by atoms with E-state index in [0.29, 0.717) is 30.7 Å². The summed E-state index contributed by atoms with van der Waals surface area (Å²) in [4.78, 5) is 38.1. The van der Waals surface area contributed by atoms with E-state index in [1.54, 1.807) is 0 Å². The Morgan fingerprint density at radius 1 is 1.07 bits per heavy atom. The van der Waals surface area contributed by atoms with Gasteiger partial charge >= 0.3 is 6.03 Å². The highest BCUT2D eigenvalue weighted by Crippen LogP contribution is 2.28. The van der Waals surface area contributed by atoms with Crippen LogP contribution in [0.4, 0.5) is 4.79 Å². The van der Waals surface area contributed by atoms with Gasteiger partial charge in [-0.1, -0.05) is 25.5 Å². The predicted molar refractivity (Wildman–Crippen MR) is 107 cm³/mol. The monoisotopic (exact) mass is 386 g/mol. The van der Waals surface area contributed by atoms with Crippen molar-refractivity contribution in [1.29, 1.82) is 0 Å². The predicted octanol–water partition coefficient (Wildman–Crippen LogP) is 2.17. The zero-order valence-corrected chi connectivity index (χ0v) is 16.5. The van der Waals surface area contributed by atoms with Gasteiger partial charge in [-0.3, -0.25) is 19.8 Å². The van der Waals surface area contributed by atoms with Crippen molar-refractivity contribution in [3.05, 3.63) is 35.4 Å². The highest BCUT2D eigenvalue weighted by Gasteiger charge is 2.30. The fourth-order valence-corrected chi connectivity index (χ4v) is 3.02. The quantitative estimate of drug-likeness (QED) is 0.538. The highest BCUT2D eigenvalue weighted by atomic mass is 16.2. The molecule has 2 aliphatic rings. The van der Waals surface area contributed by atoms with E-state index in [4.69, 9.17) is 0 Å². The molecule has 7 heteroatoms. The molecule has 2 fully saturated rings. The number of benzene rings is 1. The van der Waals surface area contributed by atoms with Crippen LogP contribution in [0.3, 0.4) is 0 Å². The second-order valence-electron chi connectivity index (χ2n) is 7.74. The van der Waals surface area contributed by atoms with Crippen LogP contribution in [0.25, 0.3) is 0 Å². The molecule has 1 aromatic rings. The van der Waals surface area contributed by atoms with Gasteiger partial charge in [-0.25, -0.2) is 4.79 Å². The number of carbonyl (C=O) groups excluding carboxylic acids is 3. The number of rotatable bonds is 10. The molecule has 1 aromatic carbocycles. The minimum atomic E-state index is -0.430. The van der Waals surface area contributed by atoms with E-state index >= 15 is 0 Å². The summed E-state index contributed by atoms with van der Waals surface area (Å²) in [7, 11) is 0. The maximum Gasteiger partial charge on any atom is 0.321 e. The van der Waals surface area contributed by atoms with Crippen LogP contribution in [0, 0.1) is 0 Å². The summed E-state index contributed by atoms with van der Waals surface area (Å²) in [6.07, 6.45) is 6.16. The van der Waals surface area contributed by atoms with Crippen LogP contribution in [-0.2, 0) is 11.3 Å². The van der Waals surface area contributed by atoms with Crippen LogP contribution in [0.5, 0.6) is 0 Å². The van der Waals surface area contributed by atoms with Gasteiger partial charge in [0.05, 0.1) is 6.54 Å². The third kappa shape index (κ3) is 6.64. The number of carbonyl (C=O) groups is 3. The first-order chi connectivity index (χ1) is 13.5. The van der Waals surface area contributed by atoms with Gasteiger partial charge in [0.15, 0.2) is 0 Å². The molecule has 7 nitrogen and oxygen atoms in total. The Labute approximate surface area is 166 Å². The lowest BCUT2D eigenvalue weighted by molar-refractivity contribution is -0.121. The van der Waals surface area contributed by atoms with Crippen LogP contribution in [0.2, 0.25) is 0 Å². The molecule has 3 N–H and O–H groups in total. The molecule has 0 spiro atoms. The topological polar surface area (TPSA) is 90.5 Å². The maximum absolute atomic E-state index is 12.2. The standard InChI is InChI=1S/C21H30N4O3/c1-2-3-12-22-21(28)24-19(26)14-25(18-10-11-18)13-15-4-6-16(7-5-15)20(27)23-17-8-9-17/h4-7,17-18H,2-3,8-14H2,1H3,(H,23,27)(H2,22,24,26,28). The molecule has 4 amide bonds. The first-order valence-corrected chi connectivity index (χ1v) is 10.3. The Hall–Kier alpha value is -2.41. The van der Waals surface area contributed by atoms with Crippen molar-refractivity contribution < 1.29 is 14.4 Å². The molecule has 0 aliphatic heterocycles. The normalized spacial score (nSPS) is 15.9. The smallest absolute Gasteiger partial charge is 0.321 e. The molecule has 2 saturated carbocycles. The second kappa shape index (κ2) is 9.68. The molecule has 28 heavy (non-hydrogen) atoms. The van der Waals surface area contributed by atoms with Gasteiger partial charge in [-0.05, 0) is 49.8 Å². The summed E-state index contributed by atoms with van der Waals surface area (Å²) in [5.74, 6) is -0.317. The van der Waals surface area contributed by atoms with E-state index in [9.17, 15) is 14.4 Å². The Bertz CT molecular complexity index is 696. The van der Waals surface area contributed by atoms with Crippen LogP contribution < -0.4 is 16.0 Å². The number of unbranched alkanes of at least 4 members (excludes halogenated alkanes) is 1. The van der Waals surface area contributed by atoms with Gasteiger partial charge < -0.3 is 10.6 Å². The van der Waals surface area contributed by atoms with Crippen molar-refractivity contribution >= 4 is 17.8 Å². The molecule has 0 aromatic heterocycles. The third-order valence-electron chi connectivity index (χ3n) is 4.99. The molecule has 0 bridgehead atoms. The van der Waals surface area contributed by atoms with Gasteiger partial charge in [0.2, 0.25) is 5.91 Å². The zero-order chi connectivity index (χ0) is 19.9. The summed E-state index contributed by atoms with van der Waals surface area (Å²) < 4.78 is 0. The molecular formula is C21H30N4O3. The molecular weight excluding hydrogens is 356 g/mol. The number of imide groups is 1. The van der Waals surface area contributed by atoms with Gasteiger partial charge in [0, 0.05) is 30.7 Å². The number of urea groups is 1. The SMILES string of the molecule is CCCCNC(=O)NC(=O)CN(Cc1ccc(C(=O)NC2CC2)cc1)C1CC1. The molecule has 0 radical (unpaired) electrons. The first-order valence-electron chi connectivity index (χ1n) is 10.3. The molecule has 2 aliphatic carbocycles. The number of amides is 4. The molecule has 152 valence electrons. The number of hydrogen-bond donors (Lipinski definition) is 3. The van der Waals surface area contributed by atoms with Crippen molar-refractivity contribution in [2.24, 2.45) is 0 Å². The van der Waals surface area contributed by atoms with Crippen molar-refractivity contribution in [2.45, 2.75) is 64.1 Å². The van der Waals surface area contributed by atoms with Crippen LogP contribution in [0.15, 0.2) is 24.3 Å². The minimum Gasteiger partial charge on any atom is -0.349 e. The zero-order valence-electron chi connectivity index (χ0n) is 16.5. The van der Waals surface area contributed by atoms with Crippen LogP contribution in [-0.4, -0.2) is 47.9 Å². The molecule has 0 heterocycles. The highest BCUT2D eigenvalue weighted by molar-refractivity contribution is 5.95. The lowest BCUT2D eigenvalue weighted by Crippen LogP contribution is -2.45. The van der Waals surface area contributed by atoms with E-state index in [-0.39, 0.29) is 18.4 Å². The third-order valence-corrected chi connectivity index (χ3v) is 4.99. The van der Waals surface area contributed by atoms with E-state index in [1.807, 2.05) is 31.2 Å². The number of nitrogens with one attached hydrogen (secondary N) is 3. The average molecular weight is 386 g/mol. The Balaban J connectivity index is 1.48. The maximum atomic E-state index is 12.2. The van der Waals surface area contributed by atoms with Gasteiger partial charge in [0.25, 0.3) is 5.91 Å². The summed E-state index contributed by atoms with van der Waals surface area (Å²) in [5.41, 5.74) is 1.71. The Morgan fingerprint density at radius 3 is 2.39 bits per heavy atom. The van der Waals surface area contributed by atoms with Crippen molar-refractivity contribution in [2.75, 3.05) is 13.1 Å². The molecule has 3 rings (SSSR count). The fourth-order valence-electron chi connectivity index (χ4n) is 3.02. The first kappa shape index (κ1) is 20.3. The van der Waals surface area contributed by atoms with Gasteiger partial charge in [0.1, 0.15) is 0 Å². The summed E-state index contributed by atoms with van der Waals surface area (Å²) in [5, 5.41) is 8.07. The average Bonchev–Trinajstić information content (AvgIpc) is 3.56. The molecule has 0 atom stereocenters. The summed E-state index contributed by atoms with van der Waals surface area (Å²) in [6.45, 7) is 3.43. The van der Waals surface area contributed by atoms with Gasteiger partial charge in [-0.2, -0.15) is 0 Å². The summed E-state index contributed by atoms with van der Waals surface area (Å²) in [6, 6.07) is 7.83. The van der Waals surface area contributed by atoms with Gasteiger partial charge in [-0.15, -0.1) is 0 Å². The molecule has 0 unspecified atom stereocenters. The van der Waals surface area contributed by atoms with Crippen molar-refractivity contribution in [3.8, 4) is 0 Å². The lowest BCUT2D eigenvalue weighted by Gasteiger charge is -2.21. The fraction of sp³-hybridized carbons (Fsp3) is 0.571. The van der Waals surface area contributed by atoms with E-state index in [2.05, 4.69) is 20.9 Å². The van der Waals surface area contributed by atoms with Crippen molar-refractivity contribution in [3.63, 3.8) is 0 Å². The van der Waals surface area contributed by atoms with Crippen LogP contribution >= 0.6 is 0 Å². The Kier molecular flexibility index (Phi) is 7.03. The van der Waals surface area contributed by atoms with E-state index in [0.717, 1.165) is 44.1 Å². The molecule has 0 saturated heterocycles. The van der Waals surface area contributed by atoms with Crippen LogP contribution in [0.1, 0.15) is 61.4 Å². The Morgan fingerprint density at radius 2 is 1.79 bits per heavy atom. The van der Waals surface area contributed by atoms with E-state index in [1.165, 1.54) is 0 Å². The van der Waals surface area contributed by atoms with Crippen molar-refractivity contribution in [1.82, 2.24) is 20.9 Å². The number of hydrogen-bond acceptors (Lipinski definition) is 4. The largest absolute Gasteiger partial charge is 0.349 e. The van der Waals surface area contributed by atoms with E-state index < -0.39 is 6.03 Å². The number of nitrogens with zero attached hydrogens (tertiary/aromatic N) is 1. The lowest BCUT2D eigenvalue weighted by atomic mass is 10.1.